The van der Waals surface area contributed by atoms with Crippen molar-refractivity contribution in [2.75, 3.05) is 19.7 Å². The number of likely N-dealkylation sites (tertiary alicyclic amines) is 1. The van der Waals surface area contributed by atoms with Crippen LogP contribution in [0.1, 0.15) is 49.0 Å². The first-order valence-corrected chi connectivity index (χ1v) is 9.33. The molecule has 1 atom stereocenters. The van der Waals surface area contributed by atoms with Gasteiger partial charge in [0.05, 0.1) is 12.6 Å². The van der Waals surface area contributed by atoms with Gasteiger partial charge in [0.2, 0.25) is 0 Å². The van der Waals surface area contributed by atoms with Gasteiger partial charge in [-0.2, -0.15) is 0 Å². The number of hydrogen-bond donors (Lipinski definition) is 1. The molecule has 26 heavy (non-hydrogen) atoms. The van der Waals surface area contributed by atoms with Crippen molar-refractivity contribution in [1.29, 1.82) is 0 Å². The Morgan fingerprint density at radius 3 is 2.81 bits per heavy atom. The average Bonchev–Trinajstić information content (AvgIpc) is 3.00. The predicted octanol–water partition coefficient (Wildman–Crippen LogP) is 2.62. The van der Waals surface area contributed by atoms with E-state index in [2.05, 4.69) is 15.5 Å². The highest BCUT2D eigenvalue weighted by Crippen LogP contribution is 2.32. The van der Waals surface area contributed by atoms with E-state index >= 15 is 0 Å². The summed E-state index contributed by atoms with van der Waals surface area (Å²) in [7, 11) is 1.97. The van der Waals surface area contributed by atoms with Crippen LogP contribution >= 0.6 is 0 Å². The molecule has 0 bridgehead atoms. The summed E-state index contributed by atoms with van der Waals surface area (Å²) in [4.78, 5) is 14.7. The summed E-state index contributed by atoms with van der Waals surface area (Å²) in [6.45, 7) is 2.19. The predicted molar refractivity (Wildman–Crippen MR) is 97.0 cm³/mol. The minimum Gasteiger partial charge on any atom is -0.493 e. The molecule has 138 valence electrons. The summed E-state index contributed by atoms with van der Waals surface area (Å²) < 4.78 is 7.77. The summed E-state index contributed by atoms with van der Waals surface area (Å²) >= 11 is 0. The Kier molecular flexibility index (Phi) is 4.77. The molecule has 1 N–H and O–H groups in total. The highest BCUT2D eigenvalue weighted by Gasteiger charge is 2.28. The lowest BCUT2D eigenvalue weighted by Gasteiger charge is -2.32. The van der Waals surface area contributed by atoms with Crippen LogP contribution in [0.3, 0.4) is 0 Å². The van der Waals surface area contributed by atoms with E-state index < -0.39 is 0 Å². The van der Waals surface area contributed by atoms with E-state index in [0.717, 1.165) is 55.9 Å². The first-order valence-electron chi connectivity index (χ1n) is 9.33. The van der Waals surface area contributed by atoms with E-state index in [9.17, 15) is 4.79 Å². The van der Waals surface area contributed by atoms with Crippen LogP contribution < -0.4 is 10.1 Å². The van der Waals surface area contributed by atoms with Crippen LogP contribution in [0.25, 0.3) is 0 Å². The SMILES string of the molecule is Cn1cnnc1C1CCN(C(=O)NC2CCCOc3ccccc32)CC1. The number of nitrogens with zero attached hydrogens (tertiary/aromatic N) is 4. The fourth-order valence-electron chi connectivity index (χ4n) is 3.92. The van der Waals surface area contributed by atoms with E-state index in [-0.39, 0.29) is 12.1 Å². The molecule has 3 heterocycles. The molecular weight excluding hydrogens is 330 g/mol. The number of urea groups is 1. The maximum absolute atomic E-state index is 12.8. The van der Waals surface area contributed by atoms with Gasteiger partial charge in [0.15, 0.2) is 0 Å². The number of hydrogen-bond acceptors (Lipinski definition) is 4. The molecular formula is C19H25N5O2. The van der Waals surface area contributed by atoms with Gasteiger partial charge in [-0.15, -0.1) is 10.2 Å². The largest absolute Gasteiger partial charge is 0.493 e. The normalized spacial score (nSPS) is 20.8. The molecule has 4 rings (SSSR count). The number of ether oxygens (including phenoxy) is 1. The summed E-state index contributed by atoms with van der Waals surface area (Å²) in [6, 6.07) is 8.03. The minimum absolute atomic E-state index is 0.0117. The number of piperidine rings is 1. The van der Waals surface area contributed by atoms with Crippen molar-refractivity contribution in [1.82, 2.24) is 25.0 Å². The van der Waals surface area contributed by atoms with Crippen LogP contribution in [-0.4, -0.2) is 45.4 Å². The van der Waals surface area contributed by atoms with E-state index in [1.807, 2.05) is 40.8 Å². The number of aromatic nitrogens is 3. The van der Waals surface area contributed by atoms with Crippen LogP contribution in [-0.2, 0) is 7.05 Å². The Labute approximate surface area is 153 Å². The van der Waals surface area contributed by atoms with E-state index in [1.54, 1.807) is 6.33 Å². The second kappa shape index (κ2) is 7.35. The number of nitrogens with one attached hydrogen (secondary N) is 1. The number of amides is 2. The van der Waals surface area contributed by atoms with Crippen LogP contribution in [0.2, 0.25) is 0 Å². The zero-order valence-corrected chi connectivity index (χ0v) is 15.1. The fraction of sp³-hybridized carbons (Fsp3) is 0.526. The molecule has 2 amide bonds. The standard InChI is InChI=1S/C19H25N5O2/c1-23-13-20-22-18(23)14-8-10-24(11-9-14)19(25)21-16-6-4-12-26-17-7-3-2-5-15(16)17/h2-3,5,7,13-14,16H,4,6,8-12H2,1H3,(H,21,25). The van der Waals surface area contributed by atoms with Gasteiger partial charge in [-0.25, -0.2) is 4.79 Å². The third kappa shape index (κ3) is 3.38. The molecule has 2 aromatic rings. The highest BCUT2D eigenvalue weighted by molar-refractivity contribution is 5.75. The first kappa shape index (κ1) is 16.9. The van der Waals surface area contributed by atoms with Gasteiger partial charge in [-0.05, 0) is 31.7 Å². The first-order chi connectivity index (χ1) is 12.7. The maximum Gasteiger partial charge on any atom is 0.317 e. The van der Waals surface area contributed by atoms with Gasteiger partial charge in [0.25, 0.3) is 0 Å². The minimum atomic E-state index is 0.0117. The lowest BCUT2D eigenvalue weighted by molar-refractivity contribution is 0.175. The monoisotopic (exact) mass is 355 g/mol. The molecule has 1 aromatic carbocycles. The van der Waals surface area contributed by atoms with Crippen LogP contribution in [0.15, 0.2) is 30.6 Å². The summed E-state index contributed by atoms with van der Waals surface area (Å²) in [5.41, 5.74) is 1.08. The molecule has 7 nitrogen and oxygen atoms in total. The second-order valence-electron chi connectivity index (χ2n) is 7.09. The van der Waals surface area contributed by atoms with Crippen LogP contribution in [0.5, 0.6) is 5.75 Å². The van der Waals surface area contributed by atoms with E-state index in [1.165, 1.54) is 0 Å². The zero-order valence-electron chi connectivity index (χ0n) is 15.1. The van der Waals surface area contributed by atoms with Crippen molar-refractivity contribution in [2.24, 2.45) is 7.05 Å². The molecule has 7 heteroatoms. The molecule has 0 saturated carbocycles. The number of rotatable bonds is 2. The Morgan fingerprint density at radius 1 is 1.23 bits per heavy atom. The molecule has 0 radical (unpaired) electrons. The summed E-state index contributed by atoms with van der Waals surface area (Å²) in [5, 5.41) is 11.4. The third-order valence-corrected chi connectivity index (χ3v) is 5.38. The highest BCUT2D eigenvalue weighted by atomic mass is 16.5. The average molecular weight is 355 g/mol. The van der Waals surface area contributed by atoms with Crippen molar-refractivity contribution in [2.45, 2.75) is 37.6 Å². The molecule has 2 aliphatic heterocycles. The number of carbonyl (C=O) groups excluding carboxylic acids is 1. The molecule has 0 aliphatic carbocycles. The van der Waals surface area contributed by atoms with Gasteiger partial charge < -0.3 is 19.5 Å². The molecule has 1 unspecified atom stereocenters. The van der Waals surface area contributed by atoms with E-state index in [0.29, 0.717) is 12.5 Å². The van der Waals surface area contributed by atoms with Crippen molar-refractivity contribution >= 4 is 6.03 Å². The summed E-state index contributed by atoms with van der Waals surface area (Å²) in [5.74, 6) is 2.27. The van der Waals surface area contributed by atoms with Crippen molar-refractivity contribution < 1.29 is 9.53 Å². The van der Waals surface area contributed by atoms with E-state index in [4.69, 9.17) is 4.74 Å². The second-order valence-corrected chi connectivity index (χ2v) is 7.09. The van der Waals surface area contributed by atoms with Gasteiger partial charge in [-0.3, -0.25) is 0 Å². The van der Waals surface area contributed by atoms with Gasteiger partial charge >= 0.3 is 6.03 Å². The quantitative estimate of drug-likeness (QED) is 0.899. The van der Waals surface area contributed by atoms with Crippen molar-refractivity contribution in [3.63, 3.8) is 0 Å². The number of para-hydroxylation sites is 1. The molecule has 0 spiro atoms. The Morgan fingerprint density at radius 2 is 2.04 bits per heavy atom. The number of benzene rings is 1. The molecule has 1 saturated heterocycles. The smallest absolute Gasteiger partial charge is 0.317 e. The molecule has 1 aromatic heterocycles. The number of carbonyl (C=O) groups is 1. The van der Waals surface area contributed by atoms with Crippen LogP contribution in [0, 0.1) is 0 Å². The van der Waals surface area contributed by atoms with Gasteiger partial charge in [0.1, 0.15) is 17.9 Å². The van der Waals surface area contributed by atoms with Crippen LogP contribution in [0.4, 0.5) is 4.79 Å². The zero-order chi connectivity index (χ0) is 17.9. The maximum atomic E-state index is 12.8. The lowest BCUT2D eigenvalue weighted by Crippen LogP contribution is -2.45. The number of aryl methyl sites for hydroxylation is 1. The van der Waals surface area contributed by atoms with Crippen molar-refractivity contribution in [3.8, 4) is 5.75 Å². The Bertz CT molecular complexity index is 767. The summed E-state index contributed by atoms with van der Waals surface area (Å²) in [6.07, 6.45) is 5.42. The fourth-order valence-corrected chi connectivity index (χ4v) is 3.92. The Balaban J connectivity index is 1.38. The number of fused-ring (bicyclic) bond motifs is 1. The third-order valence-electron chi connectivity index (χ3n) is 5.38. The van der Waals surface area contributed by atoms with Gasteiger partial charge in [0, 0.05) is 31.6 Å². The topological polar surface area (TPSA) is 72.3 Å². The molecule has 2 aliphatic rings. The van der Waals surface area contributed by atoms with Gasteiger partial charge in [-0.1, -0.05) is 18.2 Å². The lowest BCUT2D eigenvalue weighted by atomic mass is 9.96. The Hall–Kier alpha value is -2.57. The van der Waals surface area contributed by atoms with Crippen molar-refractivity contribution in [3.05, 3.63) is 42.0 Å². The molecule has 1 fully saturated rings.